The number of carbonyl (C=O) groups excluding carboxylic acids is 1. The number of carbonyl (C=O) groups is 2. The van der Waals surface area contributed by atoms with E-state index in [1.165, 1.54) is 6.92 Å². The summed E-state index contributed by atoms with van der Waals surface area (Å²) in [6.45, 7) is 1.38. The monoisotopic (exact) mass is 414 g/mol. The molecule has 1 aromatic carbocycles. The number of fused-ring (bicyclic) bond motifs is 1. The Morgan fingerprint density at radius 2 is 1.82 bits per heavy atom. The fraction of sp³-hybridized carbons (Fsp3) is 0.375. The van der Waals surface area contributed by atoms with Gasteiger partial charge < -0.3 is 19.3 Å². The van der Waals surface area contributed by atoms with Crippen LogP contribution in [0.1, 0.15) is 18.1 Å². The molecule has 0 fully saturated rings. The van der Waals surface area contributed by atoms with Gasteiger partial charge in [-0.2, -0.15) is 13.2 Å². The predicted octanol–water partition coefficient (Wildman–Crippen LogP) is 3.48. The van der Waals surface area contributed by atoms with E-state index in [0.717, 1.165) is 0 Å². The molecule has 0 saturated carbocycles. The van der Waals surface area contributed by atoms with E-state index >= 15 is 0 Å². The molecule has 1 aliphatic rings. The number of hydrogen-bond acceptors (Lipinski definition) is 5. The summed E-state index contributed by atoms with van der Waals surface area (Å²) < 4.78 is 90.2. The maximum atomic E-state index is 13.2. The molecule has 0 aromatic heterocycles. The number of carboxylic acids is 1. The van der Waals surface area contributed by atoms with Gasteiger partial charge in [-0.3, -0.25) is 4.79 Å². The molecule has 1 atom stereocenters. The predicted molar refractivity (Wildman–Crippen MR) is 79.5 cm³/mol. The van der Waals surface area contributed by atoms with E-state index < -0.39 is 59.6 Å². The largest absolute Gasteiger partial charge is 0.573 e. The Balaban J connectivity index is 2.61. The van der Waals surface area contributed by atoms with Crippen LogP contribution in [0.15, 0.2) is 17.7 Å². The highest BCUT2D eigenvalue weighted by atomic mass is 19.4. The number of rotatable bonds is 5. The lowest BCUT2D eigenvalue weighted by molar-refractivity contribution is -0.274. The maximum absolute atomic E-state index is 13.2. The molecular formula is C16H12F6O6. The van der Waals surface area contributed by atoms with Crippen LogP contribution in [0.4, 0.5) is 26.3 Å². The van der Waals surface area contributed by atoms with Gasteiger partial charge in [-0.25, -0.2) is 4.79 Å². The summed E-state index contributed by atoms with van der Waals surface area (Å²) in [6, 6.07) is 1.34. The first-order chi connectivity index (χ1) is 12.8. The smallest absolute Gasteiger partial charge is 0.478 e. The maximum Gasteiger partial charge on any atom is 0.573 e. The van der Waals surface area contributed by atoms with Crippen LogP contribution in [0.5, 0.6) is 11.5 Å². The third kappa shape index (κ3) is 5.08. The Hall–Kier alpha value is -2.92. The number of halogens is 6. The van der Waals surface area contributed by atoms with Crippen LogP contribution in [-0.2, 0) is 20.7 Å². The van der Waals surface area contributed by atoms with Crippen molar-refractivity contribution in [2.45, 2.75) is 32.0 Å². The first kappa shape index (κ1) is 21.4. The fourth-order valence-corrected chi connectivity index (χ4v) is 2.47. The molecular weight excluding hydrogens is 402 g/mol. The van der Waals surface area contributed by atoms with Gasteiger partial charge in [0.15, 0.2) is 0 Å². The third-order valence-corrected chi connectivity index (χ3v) is 3.42. The SMILES string of the molecule is CCOC(=O)Cc1cc(OC(F)(F)F)cc2c1OC(C(F)(F)F)C(C(=O)O)=C2. The summed E-state index contributed by atoms with van der Waals surface area (Å²) in [7, 11) is 0. The van der Waals surface area contributed by atoms with Crippen molar-refractivity contribution >= 4 is 18.0 Å². The molecule has 0 amide bonds. The van der Waals surface area contributed by atoms with Gasteiger partial charge in [-0.1, -0.05) is 0 Å². The number of benzene rings is 1. The van der Waals surface area contributed by atoms with Crippen molar-refractivity contribution in [2.75, 3.05) is 6.61 Å². The van der Waals surface area contributed by atoms with Gasteiger partial charge >= 0.3 is 24.5 Å². The standard InChI is InChI=1S/C16H12F6O6/c1-2-26-11(23)6-8-4-9(28-16(20,21)22)3-7-5-10(14(24)25)13(15(17,18)19)27-12(7)8/h3-5,13H,2,6H2,1H3,(H,24,25). The lowest BCUT2D eigenvalue weighted by Gasteiger charge is -2.29. The van der Waals surface area contributed by atoms with Crippen LogP contribution in [0.2, 0.25) is 0 Å². The quantitative estimate of drug-likeness (QED) is 0.587. The van der Waals surface area contributed by atoms with E-state index in [0.29, 0.717) is 18.2 Å². The van der Waals surface area contributed by atoms with E-state index in [9.17, 15) is 35.9 Å². The molecule has 0 spiro atoms. The van der Waals surface area contributed by atoms with E-state index in [-0.39, 0.29) is 12.2 Å². The zero-order valence-corrected chi connectivity index (χ0v) is 14.0. The van der Waals surface area contributed by atoms with Gasteiger partial charge in [0.25, 0.3) is 0 Å². The summed E-state index contributed by atoms with van der Waals surface area (Å²) in [4.78, 5) is 22.8. The minimum Gasteiger partial charge on any atom is -0.478 e. The second-order valence-corrected chi connectivity index (χ2v) is 5.47. The van der Waals surface area contributed by atoms with Gasteiger partial charge in [0, 0.05) is 11.1 Å². The van der Waals surface area contributed by atoms with Crippen LogP contribution in [0.25, 0.3) is 6.08 Å². The highest BCUT2D eigenvalue weighted by Gasteiger charge is 2.49. The molecule has 1 N–H and O–H groups in total. The Morgan fingerprint density at radius 3 is 2.32 bits per heavy atom. The number of esters is 1. The van der Waals surface area contributed by atoms with Crippen molar-refractivity contribution in [3.63, 3.8) is 0 Å². The topological polar surface area (TPSA) is 82.1 Å². The number of ether oxygens (including phenoxy) is 3. The van der Waals surface area contributed by atoms with E-state index in [1.54, 1.807) is 0 Å². The first-order valence-electron chi connectivity index (χ1n) is 7.58. The fourth-order valence-electron chi connectivity index (χ4n) is 2.47. The molecule has 0 saturated heterocycles. The van der Waals surface area contributed by atoms with Crippen molar-refractivity contribution in [3.05, 3.63) is 28.8 Å². The normalized spacial score (nSPS) is 16.5. The van der Waals surface area contributed by atoms with Crippen LogP contribution < -0.4 is 9.47 Å². The van der Waals surface area contributed by atoms with Crippen molar-refractivity contribution in [2.24, 2.45) is 0 Å². The van der Waals surface area contributed by atoms with Gasteiger partial charge in [0.2, 0.25) is 6.10 Å². The highest BCUT2D eigenvalue weighted by Crippen LogP contribution is 2.42. The van der Waals surface area contributed by atoms with Gasteiger partial charge in [-0.15, -0.1) is 13.2 Å². The minimum absolute atomic E-state index is 0.0745. The molecule has 1 heterocycles. The zero-order valence-electron chi connectivity index (χ0n) is 14.0. The second-order valence-electron chi connectivity index (χ2n) is 5.47. The summed E-state index contributed by atoms with van der Waals surface area (Å²) in [5, 5.41) is 9.00. The van der Waals surface area contributed by atoms with E-state index in [2.05, 4.69) is 9.47 Å². The Kier molecular flexibility index (Phi) is 5.80. The lowest BCUT2D eigenvalue weighted by atomic mass is 9.97. The average molecular weight is 414 g/mol. The van der Waals surface area contributed by atoms with Gasteiger partial charge in [0.05, 0.1) is 18.6 Å². The lowest BCUT2D eigenvalue weighted by Crippen LogP contribution is -2.40. The van der Waals surface area contributed by atoms with Crippen molar-refractivity contribution < 1.29 is 55.2 Å². The Labute approximate surface area is 153 Å². The molecule has 28 heavy (non-hydrogen) atoms. The summed E-state index contributed by atoms with van der Waals surface area (Å²) in [5.74, 6) is -4.36. The number of aliphatic carboxylic acids is 1. The summed E-state index contributed by atoms with van der Waals surface area (Å²) in [6.07, 6.45) is -13.3. The zero-order chi connectivity index (χ0) is 21.3. The highest BCUT2D eigenvalue weighted by molar-refractivity contribution is 5.95. The van der Waals surface area contributed by atoms with E-state index in [4.69, 9.17) is 9.84 Å². The van der Waals surface area contributed by atoms with Crippen molar-refractivity contribution in [1.82, 2.24) is 0 Å². The number of hydrogen-bond donors (Lipinski definition) is 1. The first-order valence-corrected chi connectivity index (χ1v) is 7.58. The molecule has 12 heteroatoms. The van der Waals surface area contributed by atoms with Gasteiger partial charge in [-0.05, 0) is 25.1 Å². The van der Waals surface area contributed by atoms with Crippen molar-refractivity contribution in [1.29, 1.82) is 0 Å². The molecule has 1 aromatic rings. The van der Waals surface area contributed by atoms with Crippen LogP contribution in [-0.4, -0.2) is 42.3 Å². The van der Waals surface area contributed by atoms with Crippen LogP contribution in [0, 0.1) is 0 Å². The van der Waals surface area contributed by atoms with E-state index in [1.807, 2.05) is 0 Å². The van der Waals surface area contributed by atoms with Crippen LogP contribution >= 0.6 is 0 Å². The molecule has 0 aliphatic carbocycles. The molecule has 2 rings (SSSR count). The average Bonchev–Trinajstić information content (AvgIpc) is 2.51. The van der Waals surface area contributed by atoms with Gasteiger partial charge in [0.1, 0.15) is 11.5 Å². The summed E-state index contributed by atoms with van der Waals surface area (Å²) in [5.41, 5.74) is -2.03. The molecule has 0 bridgehead atoms. The third-order valence-electron chi connectivity index (χ3n) is 3.42. The number of carboxylic acid groups (broad SMARTS) is 1. The second kappa shape index (κ2) is 7.60. The molecule has 6 nitrogen and oxygen atoms in total. The summed E-state index contributed by atoms with van der Waals surface area (Å²) >= 11 is 0. The minimum atomic E-state index is -5.13. The van der Waals surface area contributed by atoms with Crippen LogP contribution in [0.3, 0.4) is 0 Å². The molecule has 1 unspecified atom stereocenters. The molecule has 154 valence electrons. The number of alkyl halides is 6. The molecule has 0 radical (unpaired) electrons. The molecule has 1 aliphatic heterocycles. The van der Waals surface area contributed by atoms with Crippen molar-refractivity contribution in [3.8, 4) is 11.5 Å². The Morgan fingerprint density at radius 1 is 1.18 bits per heavy atom. The Bertz CT molecular complexity index is 811.